The third-order valence-corrected chi connectivity index (χ3v) is 10.5. The number of hydrogen-bond donors (Lipinski definition) is 2. The zero-order valence-corrected chi connectivity index (χ0v) is 27.9. The van der Waals surface area contributed by atoms with Gasteiger partial charge in [-0.15, -0.1) is 22.7 Å². The number of esters is 1. The van der Waals surface area contributed by atoms with Crippen LogP contribution in [0.25, 0.3) is 20.2 Å². The van der Waals surface area contributed by atoms with Crippen molar-refractivity contribution in [3.05, 3.63) is 126 Å². The molecule has 12 heteroatoms. The number of nitrogens with zero attached hydrogens (tertiary/aromatic N) is 1. The monoisotopic (exact) mass is 735 g/mol. The number of aryl methyl sites for hydroxylation is 1. The summed E-state index contributed by atoms with van der Waals surface area (Å²) in [4.78, 5) is 39.3. The molecule has 0 aliphatic carbocycles. The van der Waals surface area contributed by atoms with Crippen molar-refractivity contribution in [2.75, 3.05) is 5.32 Å². The molecule has 45 heavy (non-hydrogen) atoms. The van der Waals surface area contributed by atoms with Gasteiger partial charge >= 0.3 is 5.97 Å². The number of ether oxygens (including phenoxy) is 1. The van der Waals surface area contributed by atoms with Crippen molar-refractivity contribution in [3.8, 4) is 5.75 Å². The Hall–Kier alpha value is -4.06. The van der Waals surface area contributed by atoms with E-state index in [2.05, 4.69) is 31.8 Å². The molecule has 0 unspecified atom stereocenters. The van der Waals surface area contributed by atoms with Crippen LogP contribution in [0, 0.1) is 6.92 Å². The normalized spacial score (nSPS) is 11.3. The molecule has 0 saturated heterocycles. The number of amides is 2. The molecular formula is C33H20BrCl2N3O4S2. The fourth-order valence-corrected chi connectivity index (χ4v) is 7.88. The van der Waals surface area contributed by atoms with Gasteiger partial charge in [0, 0.05) is 41.5 Å². The predicted molar refractivity (Wildman–Crippen MR) is 187 cm³/mol. The van der Waals surface area contributed by atoms with E-state index in [4.69, 9.17) is 27.9 Å². The maximum absolute atomic E-state index is 13.0. The lowest BCUT2D eigenvalue weighted by molar-refractivity contribution is 0.0739. The third-order valence-electron chi connectivity index (χ3n) is 6.66. The molecule has 224 valence electrons. The molecule has 0 fully saturated rings. The minimum atomic E-state index is -0.585. The van der Waals surface area contributed by atoms with Crippen LogP contribution in [0.4, 0.5) is 5.69 Å². The van der Waals surface area contributed by atoms with Crippen LogP contribution in [-0.2, 0) is 0 Å². The Bertz CT molecular complexity index is 2160. The first-order valence-electron chi connectivity index (χ1n) is 13.3. The molecule has 4 aromatic carbocycles. The number of halogens is 3. The lowest BCUT2D eigenvalue weighted by Gasteiger charge is -2.07. The number of para-hydroxylation sites is 1. The van der Waals surface area contributed by atoms with Crippen LogP contribution >= 0.6 is 61.8 Å². The molecule has 7 nitrogen and oxygen atoms in total. The van der Waals surface area contributed by atoms with Gasteiger partial charge < -0.3 is 10.1 Å². The van der Waals surface area contributed by atoms with Crippen LogP contribution in [-0.4, -0.2) is 24.0 Å². The van der Waals surface area contributed by atoms with Crippen molar-refractivity contribution in [3.63, 3.8) is 0 Å². The van der Waals surface area contributed by atoms with Gasteiger partial charge in [0.25, 0.3) is 11.8 Å². The summed E-state index contributed by atoms with van der Waals surface area (Å²) in [5.41, 5.74) is 4.83. The zero-order chi connectivity index (χ0) is 31.7. The van der Waals surface area contributed by atoms with Crippen LogP contribution < -0.4 is 15.5 Å². The minimum absolute atomic E-state index is 0.261. The molecule has 0 atom stereocenters. The number of thiophene rings is 2. The summed E-state index contributed by atoms with van der Waals surface area (Å²) in [5.74, 6) is -1.14. The minimum Gasteiger partial charge on any atom is -0.422 e. The number of carbonyl (C=O) groups excluding carboxylic acids is 3. The number of rotatable bonds is 7. The largest absolute Gasteiger partial charge is 0.422 e. The molecule has 0 radical (unpaired) electrons. The lowest BCUT2D eigenvalue weighted by Crippen LogP contribution is -2.18. The predicted octanol–water partition coefficient (Wildman–Crippen LogP) is 9.73. The highest BCUT2D eigenvalue weighted by atomic mass is 79.9. The number of nitrogens with one attached hydrogen (secondary N) is 2. The maximum atomic E-state index is 13.0. The molecular weight excluding hydrogens is 717 g/mol. The molecule has 0 saturated carbocycles. The Balaban J connectivity index is 1.09. The Morgan fingerprint density at radius 3 is 2.27 bits per heavy atom. The number of hydrogen-bond acceptors (Lipinski definition) is 7. The standard InChI is InChI=1S/C33H20BrCl2N3O4S2/c1-17-6-12-22-25(14-17)45-30(28(22)36)33(42)43-24-5-3-2-4-19(24)16-37-39-31(40)18-7-10-21(11-8-18)38-32(41)29-27(35)23-13-9-20(34)15-26(23)44-29/h2-16H,1H3,(H,38,41)(H,39,40)/b37-16-. The van der Waals surface area contributed by atoms with E-state index >= 15 is 0 Å². The van der Waals surface area contributed by atoms with Gasteiger partial charge in [0.2, 0.25) is 0 Å². The van der Waals surface area contributed by atoms with Crippen molar-refractivity contribution in [1.82, 2.24) is 5.43 Å². The van der Waals surface area contributed by atoms with Gasteiger partial charge in [-0.2, -0.15) is 5.10 Å². The average molecular weight is 737 g/mol. The van der Waals surface area contributed by atoms with Gasteiger partial charge in [0.05, 0.1) is 16.3 Å². The van der Waals surface area contributed by atoms with Crippen LogP contribution in [0.2, 0.25) is 10.0 Å². The molecule has 6 rings (SSSR count). The quantitative estimate of drug-likeness (QED) is 0.0738. The Morgan fingerprint density at radius 1 is 0.822 bits per heavy atom. The second kappa shape index (κ2) is 13.1. The number of benzene rings is 4. The maximum Gasteiger partial charge on any atom is 0.355 e. The van der Waals surface area contributed by atoms with Crippen LogP contribution in [0.3, 0.4) is 0 Å². The molecule has 6 aromatic rings. The Kier molecular flexibility index (Phi) is 9.02. The van der Waals surface area contributed by atoms with E-state index < -0.39 is 11.9 Å². The summed E-state index contributed by atoms with van der Waals surface area (Å²) in [6, 6.07) is 24.6. The molecule has 2 N–H and O–H groups in total. The first-order valence-corrected chi connectivity index (χ1v) is 16.5. The van der Waals surface area contributed by atoms with Crippen molar-refractivity contribution < 1.29 is 19.1 Å². The van der Waals surface area contributed by atoms with Crippen molar-refractivity contribution >= 4 is 112 Å². The van der Waals surface area contributed by atoms with Crippen molar-refractivity contribution in [2.45, 2.75) is 6.92 Å². The number of carbonyl (C=O) groups is 3. The van der Waals surface area contributed by atoms with Crippen LogP contribution in [0.5, 0.6) is 5.75 Å². The van der Waals surface area contributed by atoms with E-state index in [1.165, 1.54) is 28.9 Å². The van der Waals surface area contributed by atoms with Crippen molar-refractivity contribution in [2.24, 2.45) is 5.10 Å². The molecule has 0 spiro atoms. The molecule has 2 heterocycles. The van der Waals surface area contributed by atoms with E-state index in [0.29, 0.717) is 36.6 Å². The number of hydrazone groups is 1. The molecule has 2 aromatic heterocycles. The highest BCUT2D eigenvalue weighted by Gasteiger charge is 2.21. The van der Waals surface area contributed by atoms with Crippen molar-refractivity contribution in [1.29, 1.82) is 0 Å². The molecule has 2 amide bonds. The lowest BCUT2D eigenvalue weighted by atomic mass is 10.2. The van der Waals surface area contributed by atoms with E-state index in [-0.39, 0.29) is 11.7 Å². The highest BCUT2D eigenvalue weighted by Crippen LogP contribution is 2.38. The SMILES string of the molecule is Cc1ccc2c(Cl)c(C(=O)Oc3ccccc3/C=N\NC(=O)c3ccc(NC(=O)c4sc5cc(Br)ccc5c4Cl)cc3)sc2c1. The number of fused-ring (bicyclic) bond motifs is 2. The number of anilines is 1. The first-order chi connectivity index (χ1) is 21.7. The zero-order valence-electron chi connectivity index (χ0n) is 23.2. The summed E-state index contributed by atoms with van der Waals surface area (Å²) in [5, 5.41) is 9.20. The first kappa shape index (κ1) is 30.9. The summed E-state index contributed by atoms with van der Waals surface area (Å²) in [6.45, 7) is 1.97. The van der Waals surface area contributed by atoms with Gasteiger partial charge in [0.1, 0.15) is 15.5 Å². The van der Waals surface area contributed by atoms with Gasteiger partial charge in [0.15, 0.2) is 0 Å². The second-order valence-corrected chi connectivity index (χ2v) is 13.6. The smallest absolute Gasteiger partial charge is 0.355 e. The van der Waals surface area contributed by atoms with E-state index in [1.807, 2.05) is 43.3 Å². The third kappa shape index (κ3) is 6.66. The molecule has 0 aliphatic heterocycles. The van der Waals surface area contributed by atoms with Crippen LogP contribution in [0.1, 0.15) is 40.8 Å². The Labute approximate surface area is 283 Å². The van der Waals surface area contributed by atoms with E-state index in [0.717, 1.165) is 30.2 Å². The highest BCUT2D eigenvalue weighted by molar-refractivity contribution is 9.10. The molecule has 0 aliphatic rings. The van der Waals surface area contributed by atoms with Crippen LogP contribution in [0.15, 0.2) is 94.5 Å². The summed E-state index contributed by atoms with van der Waals surface area (Å²) >= 11 is 18.9. The summed E-state index contributed by atoms with van der Waals surface area (Å²) < 4.78 is 8.35. The van der Waals surface area contributed by atoms with E-state index in [9.17, 15) is 14.4 Å². The molecule has 0 bridgehead atoms. The van der Waals surface area contributed by atoms with E-state index in [1.54, 1.807) is 48.5 Å². The Morgan fingerprint density at radius 2 is 1.49 bits per heavy atom. The van der Waals surface area contributed by atoms with Gasteiger partial charge in [-0.1, -0.05) is 69.5 Å². The van der Waals surface area contributed by atoms with Gasteiger partial charge in [-0.3, -0.25) is 9.59 Å². The second-order valence-electron chi connectivity index (χ2n) is 9.79. The van der Waals surface area contributed by atoms with Gasteiger partial charge in [-0.25, -0.2) is 10.2 Å². The average Bonchev–Trinajstić information content (AvgIpc) is 3.53. The van der Waals surface area contributed by atoms with Gasteiger partial charge in [-0.05, 0) is 67.1 Å². The fraction of sp³-hybridized carbons (Fsp3) is 0.0303. The topological polar surface area (TPSA) is 96.9 Å². The summed E-state index contributed by atoms with van der Waals surface area (Å²) in [7, 11) is 0. The fourth-order valence-electron chi connectivity index (χ4n) is 4.43. The summed E-state index contributed by atoms with van der Waals surface area (Å²) in [6.07, 6.45) is 1.39.